The second-order valence-electron chi connectivity index (χ2n) is 11.6. The molecule has 0 N–H and O–H groups in total. The zero-order valence-electron chi connectivity index (χ0n) is 21.5. The molecule has 5 aromatic rings. The maximum atomic E-state index is 3.71. The number of halogens is 1. The van der Waals surface area contributed by atoms with Gasteiger partial charge in [-0.1, -0.05) is 104 Å². The molecule has 0 spiro atoms. The maximum absolute atomic E-state index is 3.71. The molecule has 0 bridgehead atoms. The van der Waals surface area contributed by atoms with E-state index >= 15 is 0 Å². The van der Waals surface area contributed by atoms with Gasteiger partial charge in [0.15, 0.2) is 0 Å². The average Bonchev–Trinajstić information content (AvgIpc) is 3.22. The Bertz CT molecular complexity index is 1730. The summed E-state index contributed by atoms with van der Waals surface area (Å²) in [5.74, 6) is 0. The van der Waals surface area contributed by atoms with Gasteiger partial charge in [-0.15, -0.1) is 0 Å². The largest absolute Gasteiger partial charge is 0.0616 e. The zero-order valence-corrected chi connectivity index (χ0v) is 23.0. The first-order chi connectivity index (χ1) is 17.2. The first-order valence-corrected chi connectivity index (χ1v) is 13.6. The van der Waals surface area contributed by atoms with Crippen molar-refractivity contribution < 1.29 is 0 Å². The molecule has 2 aliphatic carbocycles. The van der Waals surface area contributed by atoms with E-state index in [1.165, 1.54) is 72.0 Å². The van der Waals surface area contributed by atoms with Crippen molar-refractivity contribution in [1.29, 1.82) is 0 Å². The van der Waals surface area contributed by atoms with Gasteiger partial charge in [-0.05, 0) is 104 Å². The highest BCUT2D eigenvalue weighted by Crippen LogP contribution is 2.58. The Balaban J connectivity index is 1.55. The van der Waals surface area contributed by atoms with Crippen molar-refractivity contribution in [3.8, 4) is 33.4 Å². The lowest BCUT2D eigenvalue weighted by Crippen LogP contribution is -2.17. The molecule has 0 nitrogen and oxygen atoms in total. The SMILES string of the molecule is Cc1ccc(-c2cc3c(c4ccccc24)-c2cc4c(cc2C3(C)C)-c2ccc(Br)cc2C4(C)C)cc1. The van der Waals surface area contributed by atoms with Crippen molar-refractivity contribution in [3.05, 3.63) is 117 Å². The second-order valence-corrected chi connectivity index (χ2v) is 12.6. The molecule has 1 heteroatoms. The first kappa shape index (κ1) is 22.1. The van der Waals surface area contributed by atoms with Gasteiger partial charge in [-0.2, -0.15) is 0 Å². The summed E-state index contributed by atoms with van der Waals surface area (Å²) in [6.07, 6.45) is 0. The molecule has 0 aromatic heterocycles. The molecule has 0 heterocycles. The van der Waals surface area contributed by atoms with Crippen LogP contribution >= 0.6 is 15.9 Å². The highest BCUT2D eigenvalue weighted by molar-refractivity contribution is 9.10. The van der Waals surface area contributed by atoms with E-state index in [2.05, 4.69) is 135 Å². The third kappa shape index (κ3) is 2.81. The second kappa shape index (κ2) is 7.20. The number of hydrogen-bond donors (Lipinski definition) is 0. The fourth-order valence-corrected chi connectivity index (χ4v) is 7.11. The Morgan fingerprint density at radius 1 is 0.528 bits per heavy atom. The summed E-state index contributed by atoms with van der Waals surface area (Å²) < 4.78 is 1.15. The number of rotatable bonds is 1. The maximum Gasteiger partial charge on any atom is 0.0178 e. The predicted octanol–water partition coefficient (Wildman–Crippen LogP) is 10.2. The Morgan fingerprint density at radius 3 is 1.86 bits per heavy atom. The van der Waals surface area contributed by atoms with Gasteiger partial charge in [0.1, 0.15) is 0 Å². The number of benzene rings is 5. The van der Waals surface area contributed by atoms with E-state index in [1.807, 2.05) is 0 Å². The number of fused-ring (bicyclic) bond motifs is 8. The summed E-state index contributed by atoms with van der Waals surface area (Å²) in [6.45, 7) is 11.7. The molecule has 0 radical (unpaired) electrons. The van der Waals surface area contributed by atoms with Crippen molar-refractivity contribution in [2.45, 2.75) is 45.4 Å². The number of hydrogen-bond acceptors (Lipinski definition) is 0. The highest BCUT2D eigenvalue weighted by atomic mass is 79.9. The smallest absolute Gasteiger partial charge is 0.0178 e. The van der Waals surface area contributed by atoms with E-state index in [0.29, 0.717) is 0 Å². The van der Waals surface area contributed by atoms with E-state index in [9.17, 15) is 0 Å². The van der Waals surface area contributed by atoms with E-state index < -0.39 is 0 Å². The number of aryl methyl sites for hydroxylation is 1. The normalized spacial score (nSPS) is 15.9. The molecule has 0 fully saturated rings. The Labute approximate surface area is 222 Å². The van der Waals surface area contributed by atoms with Gasteiger partial charge in [0.05, 0.1) is 0 Å². The van der Waals surface area contributed by atoms with Crippen LogP contribution in [0.3, 0.4) is 0 Å². The predicted molar refractivity (Wildman–Crippen MR) is 157 cm³/mol. The van der Waals surface area contributed by atoms with Crippen LogP contribution in [0, 0.1) is 6.92 Å². The molecule has 5 aromatic carbocycles. The Hall–Kier alpha value is -3.16. The quantitative estimate of drug-likeness (QED) is 0.203. The van der Waals surface area contributed by atoms with E-state index in [-0.39, 0.29) is 10.8 Å². The molecular formula is C35H29Br. The van der Waals surface area contributed by atoms with Crippen LogP contribution in [0.2, 0.25) is 0 Å². The van der Waals surface area contributed by atoms with Gasteiger partial charge in [-0.3, -0.25) is 0 Å². The topological polar surface area (TPSA) is 0 Å². The van der Waals surface area contributed by atoms with E-state index in [4.69, 9.17) is 0 Å². The van der Waals surface area contributed by atoms with Crippen molar-refractivity contribution in [2.75, 3.05) is 0 Å². The van der Waals surface area contributed by atoms with Gasteiger partial charge in [-0.25, -0.2) is 0 Å². The summed E-state index contributed by atoms with van der Waals surface area (Å²) >= 11 is 3.71. The monoisotopic (exact) mass is 528 g/mol. The average molecular weight is 530 g/mol. The van der Waals surface area contributed by atoms with Gasteiger partial charge in [0.2, 0.25) is 0 Å². The fourth-order valence-electron chi connectivity index (χ4n) is 6.75. The van der Waals surface area contributed by atoms with Crippen LogP contribution in [0.1, 0.15) is 55.5 Å². The Kier molecular flexibility index (Phi) is 4.42. The van der Waals surface area contributed by atoms with E-state index in [0.717, 1.165) is 4.47 Å². The van der Waals surface area contributed by atoms with Crippen molar-refractivity contribution in [1.82, 2.24) is 0 Å². The zero-order chi connectivity index (χ0) is 25.0. The van der Waals surface area contributed by atoms with Crippen LogP contribution in [0.15, 0.2) is 89.4 Å². The molecule has 36 heavy (non-hydrogen) atoms. The molecular weight excluding hydrogens is 500 g/mol. The van der Waals surface area contributed by atoms with Crippen molar-refractivity contribution >= 4 is 26.7 Å². The van der Waals surface area contributed by atoms with Crippen LogP contribution in [0.25, 0.3) is 44.2 Å². The molecule has 7 rings (SSSR count). The summed E-state index contributed by atoms with van der Waals surface area (Å²) in [5, 5.41) is 2.68. The van der Waals surface area contributed by atoms with Crippen molar-refractivity contribution in [3.63, 3.8) is 0 Å². The van der Waals surface area contributed by atoms with Gasteiger partial charge < -0.3 is 0 Å². The molecule has 2 aliphatic rings. The highest BCUT2D eigenvalue weighted by Gasteiger charge is 2.42. The lowest BCUT2D eigenvalue weighted by molar-refractivity contribution is 0.652. The summed E-state index contributed by atoms with van der Waals surface area (Å²) in [6, 6.07) is 32.2. The summed E-state index contributed by atoms with van der Waals surface area (Å²) in [7, 11) is 0. The van der Waals surface area contributed by atoms with Gasteiger partial charge in [0, 0.05) is 15.3 Å². The van der Waals surface area contributed by atoms with Crippen LogP contribution in [-0.4, -0.2) is 0 Å². The summed E-state index contributed by atoms with van der Waals surface area (Å²) in [4.78, 5) is 0. The van der Waals surface area contributed by atoms with Crippen LogP contribution in [0.4, 0.5) is 0 Å². The van der Waals surface area contributed by atoms with Crippen molar-refractivity contribution in [2.24, 2.45) is 0 Å². The lowest BCUT2D eigenvalue weighted by Gasteiger charge is -2.24. The minimum atomic E-state index is -0.0779. The summed E-state index contributed by atoms with van der Waals surface area (Å²) in [5.41, 5.74) is 15.1. The molecule has 0 atom stereocenters. The minimum Gasteiger partial charge on any atom is -0.0616 e. The van der Waals surface area contributed by atoms with Gasteiger partial charge >= 0.3 is 0 Å². The van der Waals surface area contributed by atoms with E-state index in [1.54, 1.807) is 0 Å². The molecule has 0 saturated carbocycles. The standard InChI is InChI=1S/C35H29Br/c1-20-10-12-21(13-11-20)26-17-32-33(25-9-7-6-8-23(25)26)28-19-30-27(18-31(28)35(32,4)5)24-15-14-22(36)16-29(24)34(30,2)3/h6-19H,1-5H3. The molecule has 0 saturated heterocycles. The van der Waals surface area contributed by atoms with Crippen LogP contribution in [0.5, 0.6) is 0 Å². The lowest BCUT2D eigenvalue weighted by atomic mass is 9.79. The van der Waals surface area contributed by atoms with Crippen LogP contribution in [-0.2, 0) is 10.8 Å². The fraction of sp³-hybridized carbons (Fsp3) is 0.200. The Morgan fingerprint density at radius 2 is 1.11 bits per heavy atom. The minimum absolute atomic E-state index is 0.0337. The van der Waals surface area contributed by atoms with Gasteiger partial charge in [0.25, 0.3) is 0 Å². The third-order valence-electron chi connectivity index (χ3n) is 8.80. The molecule has 0 unspecified atom stereocenters. The molecule has 0 aliphatic heterocycles. The molecule has 176 valence electrons. The molecule has 0 amide bonds. The first-order valence-electron chi connectivity index (χ1n) is 12.8. The van der Waals surface area contributed by atoms with Crippen LogP contribution < -0.4 is 0 Å². The third-order valence-corrected chi connectivity index (χ3v) is 9.29.